The first-order chi connectivity index (χ1) is 10.6. The van der Waals surface area contributed by atoms with Crippen molar-refractivity contribution in [2.24, 2.45) is 0 Å². The number of rotatable bonds is 15. The molecule has 0 aromatic heterocycles. The molecule has 6 nitrogen and oxygen atoms in total. The summed E-state index contributed by atoms with van der Waals surface area (Å²) in [5, 5.41) is 0. The Bertz CT molecular complexity index is 268. The van der Waals surface area contributed by atoms with Gasteiger partial charge in [-0.3, -0.25) is 4.90 Å². The van der Waals surface area contributed by atoms with Crippen LogP contribution in [0.1, 0.15) is 12.8 Å². The van der Waals surface area contributed by atoms with Crippen LogP contribution in [-0.4, -0.2) is 78.2 Å². The predicted molar refractivity (Wildman–Crippen MR) is 93.4 cm³/mol. The highest BCUT2D eigenvalue weighted by Gasteiger charge is 2.36. The van der Waals surface area contributed by atoms with Gasteiger partial charge in [-0.25, -0.2) is 0 Å². The molecule has 0 bridgehead atoms. The number of nitrogens with zero attached hydrogens (tertiary/aromatic N) is 1. The van der Waals surface area contributed by atoms with Gasteiger partial charge in [0.15, 0.2) is 0 Å². The summed E-state index contributed by atoms with van der Waals surface area (Å²) in [4.78, 5) is 2.38. The molecule has 0 radical (unpaired) electrons. The Morgan fingerprint density at radius 3 is 1.95 bits per heavy atom. The van der Waals surface area contributed by atoms with Crippen molar-refractivity contribution in [1.29, 1.82) is 0 Å². The van der Waals surface area contributed by atoms with Crippen LogP contribution in [0.4, 0.5) is 0 Å². The molecule has 0 atom stereocenters. The fourth-order valence-corrected chi connectivity index (χ4v) is 5.25. The first-order valence-corrected chi connectivity index (χ1v) is 11.3. The van der Waals surface area contributed by atoms with Crippen molar-refractivity contribution < 1.29 is 22.1 Å². The lowest BCUT2D eigenvalue weighted by Crippen LogP contribution is -2.43. The molecule has 0 spiro atoms. The highest BCUT2D eigenvalue weighted by atomic mass is 28.4. The molecule has 0 aromatic carbocycles. The molecule has 0 unspecified atom stereocenters. The maximum absolute atomic E-state index is 5.45. The summed E-state index contributed by atoms with van der Waals surface area (Å²) in [6.07, 6.45) is 3.99. The summed E-state index contributed by atoms with van der Waals surface area (Å²) < 4.78 is 27.0. The van der Waals surface area contributed by atoms with Gasteiger partial charge in [-0.15, -0.1) is 6.58 Å². The van der Waals surface area contributed by atoms with Crippen LogP contribution in [0.2, 0.25) is 12.1 Å². The van der Waals surface area contributed by atoms with Crippen LogP contribution in [-0.2, 0) is 22.1 Å². The molecular formula is C14H33NO5Si2. The summed E-state index contributed by atoms with van der Waals surface area (Å²) in [6.45, 7) is 6.71. The van der Waals surface area contributed by atoms with E-state index < -0.39 is 18.1 Å². The van der Waals surface area contributed by atoms with Gasteiger partial charge in [0.2, 0.25) is 0 Å². The summed E-state index contributed by atoms with van der Waals surface area (Å²) >= 11 is 0. The largest absolute Gasteiger partial charge is 0.500 e. The van der Waals surface area contributed by atoms with E-state index in [2.05, 4.69) is 11.5 Å². The summed E-state index contributed by atoms with van der Waals surface area (Å²) in [5.74, 6) is 0. The van der Waals surface area contributed by atoms with Crippen LogP contribution in [0, 0.1) is 0 Å². The fourth-order valence-electron chi connectivity index (χ4n) is 2.37. The van der Waals surface area contributed by atoms with E-state index >= 15 is 0 Å². The predicted octanol–water partition coefficient (Wildman–Crippen LogP) is 1.65. The van der Waals surface area contributed by atoms with Gasteiger partial charge in [-0.05, 0) is 32.0 Å². The molecule has 0 aliphatic heterocycles. The van der Waals surface area contributed by atoms with E-state index in [1.165, 1.54) is 0 Å². The highest BCUT2D eigenvalue weighted by Crippen LogP contribution is 2.15. The third kappa shape index (κ3) is 8.54. The lowest BCUT2D eigenvalue weighted by molar-refractivity contribution is 0.121. The zero-order valence-electron chi connectivity index (χ0n) is 14.8. The molecule has 0 N–H and O–H groups in total. The molecule has 22 heavy (non-hydrogen) atoms. The standard InChI is InChI=1S/C14H33NO5Si2/c1-7-10-15(11-8-13-21(16-2)17-3)12-9-14-22(18-4,19-5)20-6/h7,21H,1,8-14H2,2-6H3. The first-order valence-electron chi connectivity index (χ1n) is 7.65. The van der Waals surface area contributed by atoms with Crippen molar-refractivity contribution in [2.45, 2.75) is 24.9 Å². The Labute approximate surface area is 138 Å². The van der Waals surface area contributed by atoms with Gasteiger partial charge in [-0.2, -0.15) is 0 Å². The Morgan fingerprint density at radius 2 is 1.50 bits per heavy atom. The monoisotopic (exact) mass is 351 g/mol. The van der Waals surface area contributed by atoms with Crippen molar-refractivity contribution in [3.63, 3.8) is 0 Å². The molecule has 0 aromatic rings. The van der Waals surface area contributed by atoms with E-state index in [1.807, 2.05) is 6.08 Å². The van der Waals surface area contributed by atoms with Crippen LogP contribution >= 0.6 is 0 Å². The van der Waals surface area contributed by atoms with E-state index in [-0.39, 0.29) is 0 Å². The van der Waals surface area contributed by atoms with Crippen molar-refractivity contribution in [3.05, 3.63) is 12.7 Å². The van der Waals surface area contributed by atoms with Gasteiger partial charge < -0.3 is 22.1 Å². The second-order valence-electron chi connectivity index (χ2n) is 5.03. The van der Waals surface area contributed by atoms with Crippen molar-refractivity contribution in [1.82, 2.24) is 4.90 Å². The van der Waals surface area contributed by atoms with Gasteiger partial charge in [0.1, 0.15) is 0 Å². The maximum atomic E-state index is 5.45. The average molecular weight is 352 g/mol. The quantitative estimate of drug-likeness (QED) is 0.330. The van der Waals surface area contributed by atoms with Gasteiger partial charge in [0, 0.05) is 48.1 Å². The first kappa shape index (κ1) is 21.9. The van der Waals surface area contributed by atoms with E-state index in [0.717, 1.165) is 44.6 Å². The lowest BCUT2D eigenvalue weighted by Gasteiger charge is -2.26. The van der Waals surface area contributed by atoms with Crippen LogP contribution in [0.5, 0.6) is 0 Å². The average Bonchev–Trinajstić information content (AvgIpc) is 2.56. The Morgan fingerprint density at radius 1 is 0.955 bits per heavy atom. The fraction of sp³-hybridized carbons (Fsp3) is 0.857. The van der Waals surface area contributed by atoms with E-state index in [1.54, 1.807) is 35.5 Å². The molecule has 0 fully saturated rings. The third-order valence-electron chi connectivity index (χ3n) is 3.72. The van der Waals surface area contributed by atoms with Gasteiger partial charge in [-0.1, -0.05) is 6.08 Å². The van der Waals surface area contributed by atoms with Gasteiger partial charge in [0.05, 0.1) is 0 Å². The lowest BCUT2D eigenvalue weighted by atomic mass is 10.3. The maximum Gasteiger partial charge on any atom is 0.500 e. The smallest absolute Gasteiger partial charge is 0.400 e. The molecule has 0 saturated heterocycles. The molecule has 0 aliphatic rings. The Balaban J connectivity index is 4.15. The molecule has 0 saturated carbocycles. The molecule has 0 amide bonds. The summed E-state index contributed by atoms with van der Waals surface area (Å²) in [6, 6.07) is 1.84. The number of hydrogen-bond acceptors (Lipinski definition) is 6. The third-order valence-corrected chi connectivity index (χ3v) is 8.48. The van der Waals surface area contributed by atoms with Crippen LogP contribution in [0.25, 0.3) is 0 Å². The SMILES string of the molecule is C=CCN(CCC[SiH](OC)OC)CCC[Si](OC)(OC)OC. The minimum Gasteiger partial charge on any atom is -0.400 e. The van der Waals surface area contributed by atoms with Crippen molar-refractivity contribution >= 4 is 18.1 Å². The van der Waals surface area contributed by atoms with Crippen LogP contribution < -0.4 is 0 Å². The molecule has 0 aliphatic carbocycles. The minimum absolute atomic E-state index is 0.817. The number of hydrogen-bond donors (Lipinski definition) is 0. The van der Waals surface area contributed by atoms with Crippen molar-refractivity contribution in [2.75, 3.05) is 55.2 Å². The Kier molecular flexibility index (Phi) is 13.3. The van der Waals surface area contributed by atoms with E-state index in [0.29, 0.717) is 0 Å². The summed E-state index contributed by atoms with van der Waals surface area (Å²) in [7, 11) is 4.52. The second kappa shape index (κ2) is 13.4. The van der Waals surface area contributed by atoms with Gasteiger partial charge >= 0.3 is 18.1 Å². The van der Waals surface area contributed by atoms with Crippen molar-refractivity contribution in [3.8, 4) is 0 Å². The van der Waals surface area contributed by atoms with Crippen LogP contribution in [0.15, 0.2) is 12.7 Å². The zero-order chi connectivity index (χ0) is 16.8. The topological polar surface area (TPSA) is 49.4 Å². The van der Waals surface area contributed by atoms with Crippen LogP contribution in [0.3, 0.4) is 0 Å². The van der Waals surface area contributed by atoms with E-state index in [4.69, 9.17) is 22.1 Å². The molecule has 132 valence electrons. The molecule has 0 rings (SSSR count). The second-order valence-corrected chi connectivity index (χ2v) is 10.5. The van der Waals surface area contributed by atoms with E-state index in [9.17, 15) is 0 Å². The molecule has 0 heterocycles. The summed E-state index contributed by atoms with van der Waals surface area (Å²) in [5.41, 5.74) is 0. The zero-order valence-corrected chi connectivity index (χ0v) is 17.0. The molecule has 8 heteroatoms. The minimum atomic E-state index is -2.45. The highest BCUT2D eigenvalue weighted by molar-refractivity contribution is 6.60. The Hall–Kier alpha value is -0.0662. The normalized spacial score (nSPS) is 12.3. The van der Waals surface area contributed by atoms with Gasteiger partial charge in [0.25, 0.3) is 0 Å². The molecular weight excluding hydrogens is 318 g/mol.